The molecule has 0 bridgehead atoms. The minimum atomic E-state index is -0.189. The number of hydrogen-bond donors (Lipinski definition) is 1. The number of aryl methyl sites for hydroxylation is 1. The summed E-state index contributed by atoms with van der Waals surface area (Å²) in [5, 5.41) is 1.70. The number of nitrogens with two attached hydrogens (primary N) is 1. The van der Waals surface area contributed by atoms with Crippen LogP contribution in [0.25, 0.3) is 22.2 Å². The summed E-state index contributed by atoms with van der Waals surface area (Å²) < 4.78 is 5.99. The molecule has 2 heterocycles. The van der Waals surface area contributed by atoms with Crippen LogP contribution in [0.15, 0.2) is 42.7 Å². The number of fused-ring (bicyclic) bond motifs is 1. The zero-order valence-corrected chi connectivity index (χ0v) is 17.0. The molecule has 3 rings (SSSR count). The second kappa shape index (κ2) is 7.83. The van der Waals surface area contributed by atoms with Gasteiger partial charge < -0.3 is 10.5 Å². The van der Waals surface area contributed by atoms with Crippen LogP contribution in [0.2, 0.25) is 5.02 Å². The smallest absolute Gasteiger partial charge is 0.140 e. The van der Waals surface area contributed by atoms with Gasteiger partial charge in [0.05, 0.1) is 24.0 Å². The van der Waals surface area contributed by atoms with Gasteiger partial charge in [-0.1, -0.05) is 24.6 Å². The SMILES string of the molecule is Cc1cc(-c2ccnc3cc(Cl)ccc23)ncc1OC[C@@H](C)CC(C)(C)N. The maximum atomic E-state index is 6.09. The number of hydrogen-bond acceptors (Lipinski definition) is 4. The predicted octanol–water partition coefficient (Wildman–Crippen LogP) is 5.40. The maximum absolute atomic E-state index is 6.09. The fraction of sp³-hybridized carbons (Fsp3) is 0.364. The van der Waals surface area contributed by atoms with Crippen molar-refractivity contribution in [1.29, 1.82) is 0 Å². The van der Waals surface area contributed by atoms with E-state index in [2.05, 4.69) is 23.0 Å². The number of ether oxygens (including phenoxy) is 1. The first kappa shape index (κ1) is 19.6. The highest BCUT2D eigenvalue weighted by Crippen LogP contribution is 2.30. The maximum Gasteiger partial charge on any atom is 0.140 e. The van der Waals surface area contributed by atoms with Crippen molar-refractivity contribution in [3.63, 3.8) is 0 Å². The normalized spacial score (nSPS) is 13.0. The quantitative estimate of drug-likeness (QED) is 0.618. The number of rotatable bonds is 6. The van der Waals surface area contributed by atoms with Gasteiger partial charge in [-0.05, 0) is 62.9 Å². The number of halogens is 1. The molecule has 0 aliphatic heterocycles. The van der Waals surface area contributed by atoms with Gasteiger partial charge in [-0.2, -0.15) is 0 Å². The van der Waals surface area contributed by atoms with Crippen molar-refractivity contribution in [2.24, 2.45) is 11.7 Å². The first-order valence-electron chi connectivity index (χ1n) is 9.16. The van der Waals surface area contributed by atoms with Gasteiger partial charge in [-0.3, -0.25) is 9.97 Å². The lowest BCUT2D eigenvalue weighted by atomic mass is 9.93. The summed E-state index contributed by atoms with van der Waals surface area (Å²) in [6.07, 6.45) is 4.49. The van der Waals surface area contributed by atoms with Crippen molar-refractivity contribution < 1.29 is 4.74 Å². The zero-order valence-electron chi connectivity index (χ0n) is 16.3. The Morgan fingerprint density at radius 2 is 1.96 bits per heavy atom. The fourth-order valence-corrected chi connectivity index (χ4v) is 3.54. The van der Waals surface area contributed by atoms with E-state index in [1.807, 2.05) is 45.0 Å². The second-order valence-electron chi connectivity index (χ2n) is 7.96. The second-order valence-corrected chi connectivity index (χ2v) is 8.40. The van der Waals surface area contributed by atoms with Crippen LogP contribution in [0.1, 0.15) is 32.8 Å². The minimum absolute atomic E-state index is 0.189. The Bertz CT molecular complexity index is 950. The van der Waals surface area contributed by atoms with Crippen molar-refractivity contribution >= 4 is 22.5 Å². The molecule has 0 aliphatic rings. The Kier molecular flexibility index (Phi) is 5.68. The number of benzene rings is 1. The van der Waals surface area contributed by atoms with Gasteiger partial charge in [0.1, 0.15) is 5.75 Å². The first-order valence-corrected chi connectivity index (χ1v) is 9.54. The first-order chi connectivity index (χ1) is 12.7. The van der Waals surface area contributed by atoms with Crippen LogP contribution in [-0.4, -0.2) is 22.1 Å². The van der Waals surface area contributed by atoms with E-state index in [-0.39, 0.29) is 5.54 Å². The van der Waals surface area contributed by atoms with E-state index < -0.39 is 0 Å². The topological polar surface area (TPSA) is 61.0 Å². The van der Waals surface area contributed by atoms with Crippen LogP contribution in [-0.2, 0) is 0 Å². The standard InChI is InChI=1S/C22H26ClN3O/c1-14(11-22(3,4)24)13-27-21-12-26-19(9-15(21)2)18-7-8-25-20-10-16(23)5-6-17(18)20/h5-10,12,14H,11,13,24H2,1-4H3/t14-/m0/s1. The van der Waals surface area contributed by atoms with Gasteiger partial charge in [-0.15, -0.1) is 0 Å². The van der Waals surface area contributed by atoms with Gasteiger partial charge in [-0.25, -0.2) is 0 Å². The molecule has 1 aromatic carbocycles. The van der Waals surface area contributed by atoms with Gasteiger partial charge in [0.2, 0.25) is 0 Å². The van der Waals surface area contributed by atoms with Gasteiger partial charge >= 0.3 is 0 Å². The van der Waals surface area contributed by atoms with E-state index in [1.54, 1.807) is 12.4 Å². The summed E-state index contributed by atoms with van der Waals surface area (Å²) in [5.74, 6) is 1.18. The van der Waals surface area contributed by atoms with Crippen LogP contribution in [0, 0.1) is 12.8 Å². The van der Waals surface area contributed by atoms with Crippen LogP contribution in [0.5, 0.6) is 5.75 Å². The molecule has 27 heavy (non-hydrogen) atoms. The Labute approximate surface area is 165 Å². The summed E-state index contributed by atoms with van der Waals surface area (Å²) in [6, 6.07) is 9.75. The molecule has 4 nitrogen and oxygen atoms in total. The molecule has 1 atom stereocenters. The van der Waals surface area contributed by atoms with Gasteiger partial charge in [0.15, 0.2) is 0 Å². The molecule has 0 saturated carbocycles. The van der Waals surface area contributed by atoms with Crippen LogP contribution >= 0.6 is 11.6 Å². The Morgan fingerprint density at radius 3 is 2.67 bits per heavy atom. The average Bonchev–Trinajstić information content (AvgIpc) is 2.58. The summed E-state index contributed by atoms with van der Waals surface area (Å²) in [7, 11) is 0. The van der Waals surface area contributed by atoms with E-state index >= 15 is 0 Å². The molecule has 2 aromatic heterocycles. The minimum Gasteiger partial charge on any atom is -0.491 e. The summed E-state index contributed by atoms with van der Waals surface area (Å²) in [6.45, 7) is 8.89. The van der Waals surface area contributed by atoms with Crippen molar-refractivity contribution in [1.82, 2.24) is 9.97 Å². The summed E-state index contributed by atoms with van der Waals surface area (Å²) >= 11 is 6.08. The van der Waals surface area contributed by atoms with E-state index in [0.717, 1.165) is 39.9 Å². The van der Waals surface area contributed by atoms with Crippen LogP contribution in [0.4, 0.5) is 0 Å². The number of aromatic nitrogens is 2. The van der Waals surface area contributed by atoms with Gasteiger partial charge in [0, 0.05) is 27.7 Å². The molecule has 0 fully saturated rings. The molecule has 0 amide bonds. The molecule has 142 valence electrons. The van der Waals surface area contributed by atoms with E-state index in [1.165, 1.54) is 0 Å². The highest BCUT2D eigenvalue weighted by Gasteiger charge is 2.17. The fourth-order valence-electron chi connectivity index (χ4n) is 3.38. The number of nitrogens with zero attached hydrogens (tertiary/aromatic N) is 2. The predicted molar refractivity (Wildman–Crippen MR) is 112 cm³/mol. The van der Waals surface area contributed by atoms with E-state index in [0.29, 0.717) is 17.5 Å². The van der Waals surface area contributed by atoms with E-state index in [9.17, 15) is 0 Å². The molecule has 5 heteroatoms. The van der Waals surface area contributed by atoms with Crippen LogP contribution in [0.3, 0.4) is 0 Å². The lowest BCUT2D eigenvalue weighted by Crippen LogP contribution is -2.35. The highest BCUT2D eigenvalue weighted by atomic mass is 35.5. The molecular weight excluding hydrogens is 358 g/mol. The molecule has 3 aromatic rings. The zero-order chi connectivity index (χ0) is 19.6. The molecule has 2 N–H and O–H groups in total. The lowest BCUT2D eigenvalue weighted by molar-refractivity contribution is 0.227. The van der Waals surface area contributed by atoms with Crippen LogP contribution < -0.4 is 10.5 Å². The molecule has 0 aliphatic carbocycles. The molecule has 0 saturated heterocycles. The van der Waals surface area contributed by atoms with E-state index in [4.69, 9.17) is 22.1 Å². The third-order valence-electron chi connectivity index (χ3n) is 4.44. The molecule has 0 unspecified atom stereocenters. The summed E-state index contributed by atoms with van der Waals surface area (Å²) in [5.41, 5.74) is 9.74. The molecule has 0 spiro atoms. The number of pyridine rings is 2. The van der Waals surface area contributed by atoms with Gasteiger partial charge in [0.25, 0.3) is 0 Å². The van der Waals surface area contributed by atoms with Crippen molar-refractivity contribution in [2.45, 2.75) is 39.7 Å². The van der Waals surface area contributed by atoms with Crippen molar-refractivity contribution in [3.05, 3.63) is 53.3 Å². The largest absolute Gasteiger partial charge is 0.491 e. The average molecular weight is 384 g/mol. The molecular formula is C22H26ClN3O. The Balaban J connectivity index is 1.81. The van der Waals surface area contributed by atoms with Crippen molar-refractivity contribution in [2.75, 3.05) is 6.61 Å². The Hall–Kier alpha value is -2.17. The Morgan fingerprint density at radius 1 is 1.19 bits per heavy atom. The summed E-state index contributed by atoms with van der Waals surface area (Å²) in [4.78, 5) is 9.02. The third-order valence-corrected chi connectivity index (χ3v) is 4.68. The lowest BCUT2D eigenvalue weighted by Gasteiger charge is -2.23. The van der Waals surface area contributed by atoms with Crippen molar-refractivity contribution in [3.8, 4) is 17.0 Å². The monoisotopic (exact) mass is 383 g/mol. The molecule has 0 radical (unpaired) electrons. The highest BCUT2D eigenvalue weighted by molar-refractivity contribution is 6.31. The third kappa shape index (κ3) is 4.96.